The van der Waals surface area contributed by atoms with E-state index in [9.17, 15) is 19.8 Å². The summed E-state index contributed by atoms with van der Waals surface area (Å²) in [5.41, 5.74) is 12.9. The smallest absolute Gasteiger partial charge is 0.657 e. The van der Waals surface area contributed by atoms with Crippen molar-refractivity contribution in [3.63, 3.8) is 0 Å². The molecule has 0 saturated carbocycles. The van der Waals surface area contributed by atoms with Crippen LogP contribution in [-0.2, 0) is 33.1 Å². The van der Waals surface area contributed by atoms with Crippen molar-refractivity contribution >= 4 is 62.4 Å². The maximum Gasteiger partial charge on any atom is 3.00 e. The van der Waals surface area contributed by atoms with Gasteiger partial charge in [-0.1, -0.05) is 84.2 Å². The van der Waals surface area contributed by atoms with Crippen LogP contribution in [0, 0.1) is 20.9 Å². The molecule has 0 amide bonds. The largest absolute Gasteiger partial charge is 3.00 e. The average molecular weight is 631 g/mol. The van der Waals surface area contributed by atoms with E-state index in [1.165, 1.54) is 0 Å². The Morgan fingerprint density at radius 3 is 2.05 bits per heavy atom. The minimum atomic E-state index is -0.899. The predicted molar refractivity (Wildman–Crippen MR) is 172 cm³/mol. The molecule has 44 heavy (non-hydrogen) atoms. The number of aliphatic carboxylic acids is 2. The second-order valence-electron chi connectivity index (χ2n) is 10.9. The standard InChI is InChI=1S/C35H35N4O4.Fe/c1-8-22-18(3)26-14-30-23(9-2)19(4)28(38-30)16-32-21(6)25(11-13-35(42)43)33(39(32)7)17-31-24(10-12-34(40)41)20(5)27(37-31)15-29(22)36-26;/h8-9,14-17H,1-2,7,10-13H2,3-6H3,(H3,36,37,38,40,41,42,43);/q-1;+3/p-1. The summed E-state index contributed by atoms with van der Waals surface area (Å²) >= 11 is 0. The molecule has 0 aliphatic carbocycles. The molecule has 2 N–H and O–H groups in total. The van der Waals surface area contributed by atoms with Crippen LogP contribution in [0.2, 0.25) is 0 Å². The molecule has 2 aliphatic heterocycles. The molecule has 0 saturated heterocycles. The Bertz CT molecular complexity index is 1970. The van der Waals surface area contributed by atoms with Gasteiger partial charge in [0.2, 0.25) is 0 Å². The van der Waals surface area contributed by atoms with Gasteiger partial charge in [-0.05, 0) is 55.9 Å². The molecule has 8 nitrogen and oxygen atoms in total. The molecule has 1 radical (unpaired) electrons. The van der Waals surface area contributed by atoms with Gasteiger partial charge in [-0.15, -0.1) is 18.1 Å². The number of aromatic nitrogens is 4. The van der Waals surface area contributed by atoms with Gasteiger partial charge in [0.15, 0.2) is 0 Å². The zero-order valence-electron chi connectivity index (χ0n) is 25.3. The van der Waals surface area contributed by atoms with Crippen LogP contribution in [-0.4, -0.2) is 36.7 Å². The van der Waals surface area contributed by atoms with Gasteiger partial charge in [-0.25, -0.2) is 9.97 Å². The first-order chi connectivity index (χ1) is 20.4. The fraction of sp³-hybridized carbons (Fsp3) is 0.229. The number of fused-ring (bicyclic) bond motifs is 8. The van der Waals surface area contributed by atoms with E-state index >= 15 is 0 Å². The van der Waals surface area contributed by atoms with E-state index in [2.05, 4.69) is 20.2 Å². The number of allylic oxidation sites excluding steroid dienone is 5. The summed E-state index contributed by atoms with van der Waals surface area (Å²) in [6, 6.07) is 7.73. The minimum Gasteiger partial charge on any atom is -0.657 e. The minimum absolute atomic E-state index is 0. The SMILES string of the molecule is C=CC1=C(C)c2cc3c(C)c(CCC(=O)O)c(cc4nc(cc5[n-]c(cc1n2)c(C)c5C=C)C(C)=C4CCC(=O)O)n3[CH2-].[Fe+3]. The third-order valence-electron chi connectivity index (χ3n) is 8.40. The number of carbonyl (C=O) groups is 2. The first-order valence-electron chi connectivity index (χ1n) is 14.1. The van der Waals surface area contributed by atoms with E-state index in [-0.39, 0.29) is 29.9 Å². The van der Waals surface area contributed by atoms with Gasteiger partial charge in [0, 0.05) is 18.4 Å². The molecule has 0 aromatic carbocycles. The number of hydrogen-bond donors (Lipinski definition) is 2. The predicted octanol–water partition coefficient (Wildman–Crippen LogP) is 7.24. The first-order valence-corrected chi connectivity index (χ1v) is 14.1. The Balaban J connectivity index is 0.00000442. The van der Waals surface area contributed by atoms with E-state index in [0.29, 0.717) is 35.3 Å². The molecular weight excluding hydrogens is 596 g/mol. The summed E-state index contributed by atoms with van der Waals surface area (Å²) < 4.78 is 1.79. The average Bonchev–Trinajstić information content (AvgIpc) is 3.59. The van der Waals surface area contributed by atoms with Gasteiger partial charge in [0.25, 0.3) is 0 Å². The van der Waals surface area contributed by atoms with Crippen LogP contribution < -0.4 is 4.98 Å². The summed E-state index contributed by atoms with van der Waals surface area (Å²) in [6.07, 6.45) is 4.06. The molecule has 9 heteroatoms. The number of hydrogen-bond acceptors (Lipinski definition) is 4. The molecule has 225 valence electrons. The number of rotatable bonds is 8. The van der Waals surface area contributed by atoms with Gasteiger partial charge in [-0.2, -0.15) is 0 Å². The summed E-state index contributed by atoms with van der Waals surface area (Å²) in [5, 5.41) is 19.0. The third-order valence-corrected chi connectivity index (χ3v) is 8.40. The zero-order chi connectivity index (χ0) is 31.2. The maximum atomic E-state index is 11.6. The van der Waals surface area contributed by atoms with Crippen molar-refractivity contribution in [3.05, 3.63) is 95.6 Å². The molecule has 0 fully saturated rings. The fourth-order valence-corrected chi connectivity index (χ4v) is 5.92. The van der Waals surface area contributed by atoms with Crippen molar-refractivity contribution in [2.24, 2.45) is 0 Å². The molecule has 2 aliphatic rings. The van der Waals surface area contributed by atoms with E-state index in [1.807, 2.05) is 52.0 Å². The van der Waals surface area contributed by atoms with E-state index in [1.54, 1.807) is 16.7 Å². The van der Waals surface area contributed by atoms with Crippen LogP contribution in [0.15, 0.2) is 43.5 Å². The van der Waals surface area contributed by atoms with Crippen LogP contribution in [0.3, 0.4) is 0 Å². The van der Waals surface area contributed by atoms with Crippen molar-refractivity contribution in [1.29, 1.82) is 0 Å². The van der Waals surface area contributed by atoms with Gasteiger partial charge >= 0.3 is 29.0 Å². The van der Waals surface area contributed by atoms with Gasteiger partial charge in [0.05, 0.1) is 22.8 Å². The summed E-state index contributed by atoms with van der Waals surface area (Å²) in [7, 11) is 4.35. The maximum absolute atomic E-state index is 11.6. The fourth-order valence-electron chi connectivity index (χ4n) is 5.92. The van der Waals surface area contributed by atoms with E-state index in [0.717, 1.165) is 67.0 Å². The van der Waals surface area contributed by atoms with Crippen LogP contribution >= 0.6 is 0 Å². The summed E-state index contributed by atoms with van der Waals surface area (Å²) in [4.78, 5) is 38.0. The molecule has 0 spiro atoms. The Morgan fingerprint density at radius 1 is 0.818 bits per heavy atom. The number of carboxylic acid groups (broad SMARTS) is 2. The number of carboxylic acids is 2. The molecule has 8 bridgehead atoms. The van der Waals surface area contributed by atoms with Crippen molar-refractivity contribution < 1.29 is 36.9 Å². The zero-order valence-corrected chi connectivity index (χ0v) is 26.4. The molecule has 5 rings (SSSR count). The van der Waals surface area contributed by atoms with E-state index < -0.39 is 11.9 Å². The van der Waals surface area contributed by atoms with Crippen molar-refractivity contribution in [2.45, 2.75) is 53.4 Å². The molecule has 3 aromatic heterocycles. The molecule has 5 heterocycles. The second-order valence-corrected chi connectivity index (χ2v) is 10.9. The molecule has 0 atom stereocenters. The Hall–Kier alpha value is -4.59. The van der Waals surface area contributed by atoms with Crippen molar-refractivity contribution in [3.8, 4) is 0 Å². The molecular formula is C35H34FeN4O4+. The van der Waals surface area contributed by atoms with Crippen LogP contribution in [0.25, 0.3) is 50.4 Å². The third kappa shape index (κ3) is 5.68. The quantitative estimate of drug-likeness (QED) is 0.199. The normalized spacial score (nSPS) is 12.7. The summed E-state index contributed by atoms with van der Waals surface area (Å²) in [5.74, 6) is -1.80. The van der Waals surface area contributed by atoms with Crippen molar-refractivity contribution in [1.82, 2.24) is 19.5 Å². The Morgan fingerprint density at radius 2 is 1.41 bits per heavy atom. The topological polar surface area (TPSA) is 119 Å². The second kappa shape index (κ2) is 12.6. The summed E-state index contributed by atoms with van der Waals surface area (Å²) in [6.45, 7) is 15.9. The number of aryl methyl sites for hydroxylation is 3. The first kappa shape index (κ1) is 32.3. The number of nitrogens with zero attached hydrogens (tertiary/aromatic N) is 4. The molecule has 3 aromatic rings. The van der Waals surface area contributed by atoms with Crippen molar-refractivity contribution in [2.75, 3.05) is 0 Å². The monoisotopic (exact) mass is 630 g/mol. The van der Waals surface area contributed by atoms with Crippen LogP contribution in [0.1, 0.15) is 78.1 Å². The van der Waals surface area contributed by atoms with Gasteiger partial charge < -0.3 is 19.8 Å². The van der Waals surface area contributed by atoms with Gasteiger partial charge in [0.1, 0.15) is 0 Å². The van der Waals surface area contributed by atoms with Crippen LogP contribution in [0.4, 0.5) is 0 Å². The molecule has 0 unspecified atom stereocenters. The van der Waals surface area contributed by atoms with Gasteiger partial charge in [-0.3, -0.25) is 9.59 Å². The van der Waals surface area contributed by atoms with Crippen LogP contribution in [0.5, 0.6) is 0 Å². The van der Waals surface area contributed by atoms with E-state index in [4.69, 9.17) is 15.0 Å². The Labute approximate surface area is 267 Å². The Kier molecular flexibility index (Phi) is 9.23.